The highest BCUT2D eigenvalue weighted by Gasteiger charge is 2.48. The molecular weight excluding hydrogens is 657 g/mol. The summed E-state index contributed by atoms with van der Waals surface area (Å²) >= 11 is 0. The molecule has 0 atom stereocenters. The second-order valence-corrected chi connectivity index (χ2v) is 15.2. The molecule has 2 heterocycles. The summed E-state index contributed by atoms with van der Waals surface area (Å²) in [4.78, 5) is 35.3. The summed E-state index contributed by atoms with van der Waals surface area (Å²) in [5, 5.41) is 8.56. The predicted molar refractivity (Wildman–Crippen MR) is 211 cm³/mol. The van der Waals surface area contributed by atoms with Crippen molar-refractivity contribution in [3.63, 3.8) is 0 Å². The molecule has 8 heteroatoms. The van der Waals surface area contributed by atoms with Gasteiger partial charge in [0.05, 0.1) is 11.4 Å². The number of nitrogens with zero attached hydrogens (tertiary/aromatic N) is 4. The first-order valence-electron chi connectivity index (χ1n) is 19.1. The van der Waals surface area contributed by atoms with Crippen LogP contribution in [-0.2, 0) is 6.42 Å². The number of hydrogen-bond donors (Lipinski definition) is 2. The van der Waals surface area contributed by atoms with E-state index in [1.54, 1.807) is 0 Å². The fourth-order valence-electron chi connectivity index (χ4n) is 9.72. The van der Waals surface area contributed by atoms with Crippen molar-refractivity contribution in [1.82, 2.24) is 24.4 Å². The minimum Gasteiger partial charge on any atom is -0.347 e. The van der Waals surface area contributed by atoms with E-state index in [-0.39, 0.29) is 11.8 Å². The van der Waals surface area contributed by atoms with Gasteiger partial charge in [-0.2, -0.15) is 0 Å². The Labute approximate surface area is 311 Å². The average molecular weight is 705 g/mol. The summed E-state index contributed by atoms with van der Waals surface area (Å²) < 4.78 is 4.13. The second kappa shape index (κ2) is 14.5. The van der Waals surface area contributed by atoms with Crippen molar-refractivity contribution < 1.29 is 9.59 Å². The highest BCUT2D eigenvalue weighted by molar-refractivity contribution is 6.09. The van der Waals surface area contributed by atoms with Crippen molar-refractivity contribution >= 4 is 28.3 Å². The maximum Gasteiger partial charge on any atom is 0.276 e. The van der Waals surface area contributed by atoms with E-state index >= 15 is 0 Å². The van der Waals surface area contributed by atoms with Gasteiger partial charge in [-0.1, -0.05) is 79.7 Å². The molecule has 8 nitrogen and oxygen atoms in total. The molecule has 0 unspecified atom stereocenters. The number of hydrogen-bond acceptors (Lipinski definition) is 4. The summed E-state index contributed by atoms with van der Waals surface area (Å²) in [6.07, 6.45) is 7.41. The van der Waals surface area contributed by atoms with Gasteiger partial charge in [-0.25, -0.2) is 9.97 Å². The van der Waals surface area contributed by atoms with E-state index in [2.05, 4.69) is 41.9 Å². The number of benzene rings is 4. The highest BCUT2D eigenvalue weighted by Crippen LogP contribution is 2.53. The Morgan fingerprint density at radius 1 is 0.642 bits per heavy atom. The molecule has 4 aromatic carbocycles. The van der Waals surface area contributed by atoms with Crippen molar-refractivity contribution in [2.75, 3.05) is 5.32 Å². The van der Waals surface area contributed by atoms with Crippen LogP contribution in [0.1, 0.15) is 83.0 Å². The number of imidazole rings is 2. The van der Waals surface area contributed by atoms with E-state index in [0.29, 0.717) is 35.7 Å². The Morgan fingerprint density at radius 2 is 1.19 bits per heavy atom. The third-order valence-electron chi connectivity index (χ3n) is 11.8. The highest BCUT2D eigenvalue weighted by atomic mass is 16.2. The number of rotatable bonds is 7. The smallest absolute Gasteiger partial charge is 0.276 e. The number of carbonyl (C=O) groups is 2. The molecule has 4 saturated carbocycles. The lowest BCUT2D eigenvalue weighted by Gasteiger charge is -2.54. The van der Waals surface area contributed by atoms with Gasteiger partial charge in [-0.3, -0.25) is 9.59 Å². The van der Waals surface area contributed by atoms with Gasteiger partial charge in [0.25, 0.3) is 11.8 Å². The normalized spacial score (nSPS) is 21.2. The van der Waals surface area contributed by atoms with Crippen LogP contribution in [0.25, 0.3) is 22.1 Å². The zero-order valence-corrected chi connectivity index (χ0v) is 31.0. The predicted octanol–water partition coefficient (Wildman–Crippen LogP) is 9.19. The zero-order valence-electron chi connectivity index (χ0n) is 31.0. The third-order valence-corrected chi connectivity index (χ3v) is 11.8. The molecule has 0 saturated heterocycles. The van der Waals surface area contributed by atoms with Crippen molar-refractivity contribution in [3.05, 3.63) is 138 Å². The molecule has 0 aliphatic heterocycles. The van der Waals surface area contributed by atoms with Gasteiger partial charge in [0.2, 0.25) is 0 Å². The number of aromatic nitrogens is 4. The molecule has 0 spiro atoms. The molecule has 270 valence electrons. The molecule has 2 aromatic heterocycles. The van der Waals surface area contributed by atoms with Crippen molar-refractivity contribution in [2.45, 2.75) is 72.3 Å². The first-order chi connectivity index (χ1) is 25.8. The van der Waals surface area contributed by atoms with E-state index in [9.17, 15) is 9.59 Å². The summed E-state index contributed by atoms with van der Waals surface area (Å²) in [5.41, 5.74) is 5.78. The number of carbonyl (C=O) groups excluding carboxylic acids is 2. The average Bonchev–Trinajstić information content (AvgIpc) is 3.68. The maximum atomic E-state index is 13.1. The molecule has 2 amide bonds. The fraction of sp³-hybridized carbons (Fsp3) is 0.333. The molecule has 4 aliphatic rings. The van der Waals surface area contributed by atoms with Gasteiger partial charge in [-0.15, -0.1) is 0 Å². The largest absolute Gasteiger partial charge is 0.347 e. The topological polar surface area (TPSA) is 93.8 Å². The Balaban J connectivity index is 0.000000151. The number of anilines is 1. The van der Waals surface area contributed by atoms with E-state index < -0.39 is 0 Å². The number of fused-ring (bicyclic) bond motifs is 1. The number of nitrogens with one attached hydrogen (secondary N) is 2. The lowest BCUT2D eigenvalue weighted by atomic mass is 9.54. The van der Waals surface area contributed by atoms with Gasteiger partial charge in [0.15, 0.2) is 0 Å². The first kappa shape index (κ1) is 34.6. The molecule has 2 N–H and O–H groups in total. The quantitative estimate of drug-likeness (QED) is 0.173. The van der Waals surface area contributed by atoms with E-state index in [4.69, 9.17) is 0 Å². The number of amides is 2. The summed E-state index contributed by atoms with van der Waals surface area (Å²) in [5.74, 6) is 4.73. The lowest BCUT2D eigenvalue weighted by Crippen LogP contribution is -2.55. The molecule has 53 heavy (non-hydrogen) atoms. The van der Waals surface area contributed by atoms with Crippen LogP contribution in [0.5, 0.6) is 0 Å². The van der Waals surface area contributed by atoms with Crippen LogP contribution in [0.15, 0.2) is 103 Å². The summed E-state index contributed by atoms with van der Waals surface area (Å²) in [6.45, 7) is 7.95. The van der Waals surface area contributed by atoms with Gasteiger partial charge < -0.3 is 19.8 Å². The van der Waals surface area contributed by atoms with Gasteiger partial charge in [0.1, 0.15) is 23.0 Å². The van der Waals surface area contributed by atoms with Crippen molar-refractivity contribution in [3.8, 4) is 11.4 Å². The van der Waals surface area contributed by atoms with Crippen molar-refractivity contribution in [2.24, 2.45) is 23.7 Å². The lowest BCUT2D eigenvalue weighted by molar-refractivity contribution is -0.0120. The van der Waals surface area contributed by atoms with E-state index in [0.717, 1.165) is 62.7 Å². The monoisotopic (exact) mass is 704 g/mol. The molecule has 6 aromatic rings. The minimum absolute atomic E-state index is 0.0118. The van der Waals surface area contributed by atoms with Crippen LogP contribution < -0.4 is 10.6 Å². The Morgan fingerprint density at radius 3 is 1.83 bits per heavy atom. The van der Waals surface area contributed by atoms with Gasteiger partial charge in [-0.05, 0) is 119 Å². The molecule has 10 rings (SSSR count). The Hall–Kier alpha value is -5.50. The van der Waals surface area contributed by atoms with Crippen LogP contribution in [0.3, 0.4) is 0 Å². The van der Waals surface area contributed by atoms with Crippen LogP contribution in [-0.4, -0.2) is 37.0 Å². The summed E-state index contributed by atoms with van der Waals surface area (Å²) in [6, 6.07) is 34.5. The fourth-order valence-corrected chi connectivity index (χ4v) is 9.72. The number of aryl methyl sites for hydroxylation is 2. The van der Waals surface area contributed by atoms with Crippen LogP contribution in [0.4, 0.5) is 5.69 Å². The van der Waals surface area contributed by atoms with E-state index in [1.165, 1.54) is 32.1 Å². The number of para-hydroxylation sites is 2. The van der Waals surface area contributed by atoms with Crippen LogP contribution in [0.2, 0.25) is 0 Å². The van der Waals surface area contributed by atoms with E-state index in [1.807, 2.05) is 119 Å². The maximum absolute atomic E-state index is 13.1. The zero-order chi connectivity index (χ0) is 36.6. The molecular formula is C45H48N6O2. The Kier molecular flexibility index (Phi) is 9.46. The second-order valence-electron chi connectivity index (χ2n) is 15.2. The minimum atomic E-state index is -0.180. The molecule has 4 bridgehead atoms. The SMILES string of the molecule is CCc1c(C(=O)Nc2cccc3ccccc23)nc(C)n1-c1ccccc1.Cc1nc(C(=O)NC2C3CC4CC(C3)CC2C4)c(C)n1-c1ccccc1. The Bertz CT molecular complexity index is 2240. The van der Waals surface area contributed by atoms with Gasteiger partial charge in [0, 0.05) is 28.5 Å². The van der Waals surface area contributed by atoms with Gasteiger partial charge >= 0.3 is 0 Å². The summed E-state index contributed by atoms with van der Waals surface area (Å²) in [7, 11) is 0. The van der Waals surface area contributed by atoms with Crippen LogP contribution >= 0.6 is 0 Å². The molecule has 0 radical (unpaired) electrons. The van der Waals surface area contributed by atoms with Crippen LogP contribution in [0, 0.1) is 44.4 Å². The first-order valence-corrected chi connectivity index (χ1v) is 19.1. The standard InChI is InChI=1S/C23H21N3O.C22H27N3O/c1-3-21-22(24-16(2)26(21)18-12-5-4-6-13-18)23(27)25-20-15-9-11-17-10-7-8-14-19(17)20;1-13-20(23-14(2)25(13)19-6-4-3-5-7-19)22(26)24-21-17-9-15-8-16(11-17)12-18(21)10-15/h4-15H,3H2,1-2H3,(H,25,27);3-7,15-18,21H,8-12H2,1-2H3,(H,24,26). The molecule has 4 aliphatic carbocycles. The molecule has 4 fully saturated rings. The third kappa shape index (κ3) is 6.67. The van der Waals surface area contributed by atoms with Crippen molar-refractivity contribution in [1.29, 1.82) is 0 Å².